The highest BCUT2D eigenvalue weighted by Crippen LogP contribution is 2.30. The summed E-state index contributed by atoms with van der Waals surface area (Å²) in [5.74, 6) is 0.110. The van der Waals surface area contributed by atoms with Gasteiger partial charge in [0.25, 0.3) is 5.71 Å². The predicted octanol–water partition coefficient (Wildman–Crippen LogP) is 5.27. The first-order valence-electron chi connectivity index (χ1n) is 9.18. The Balaban J connectivity index is 1.41. The van der Waals surface area contributed by atoms with E-state index < -0.39 is 5.97 Å². The summed E-state index contributed by atoms with van der Waals surface area (Å²) in [6.07, 6.45) is 0. The van der Waals surface area contributed by atoms with Crippen molar-refractivity contribution in [3.05, 3.63) is 76.9 Å². The number of fused-ring (bicyclic) bond motifs is 1. The number of benzene rings is 1. The van der Waals surface area contributed by atoms with E-state index in [0.29, 0.717) is 39.5 Å². The molecular formula is C22H15N3O4S. The van der Waals surface area contributed by atoms with Crippen molar-refractivity contribution in [1.82, 2.24) is 15.3 Å². The summed E-state index contributed by atoms with van der Waals surface area (Å²) in [7, 11) is 0. The van der Waals surface area contributed by atoms with Crippen molar-refractivity contribution in [1.29, 1.82) is 0 Å². The number of rotatable bonds is 5. The molecule has 0 spiro atoms. The fourth-order valence-electron chi connectivity index (χ4n) is 3.14. The van der Waals surface area contributed by atoms with E-state index in [0.717, 1.165) is 10.4 Å². The van der Waals surface area contributed by atoms with Crippen LogP contribution in [0.3, 0.4) is 0 Å². The Labute approximate surface area is 174 Å². The molecule has 0 fully saturated rings. The number of ether oxygens (including phenoxy) is 1. The lowest BCUT2D eigenvalue weighted by Crippen LogP contribution is -2.07. The van der Waals surface area contributed by atoms with Gasteiger partial charge in [0.05, 0.1) is 27.2 Å². The normalized spacial score (nSPS) is 11.1. The summed E-state index contributed by atoms with van der Waals surface area (Å²) in [5.41, 5.74) is 3.29. The molecule has 0 amide bonds. The third kappa shape index (κ3) is 3.37. The lowest BCUT2D eigenvalue weighted by atomic mass is 10.1. The van der Waals surface area contributed by atoms with E-state index in [9.17, 15) is 4.79 Å². The number of carbonyl (C=O) groups excluding carboxylic acids is 1. The first kappa shape index (κ1) is 18.3. The number of nitrogens with zero attached hydrogens (tertiary/aromatic N) is 3. The number of hydrogen-bond donors (Lipinski definition) is 0. The summed E-state index contributed by atoms with van der Waals surface area (Å²) < 4.78 is 16.2. The monoisotopic (exact) mass is 417 g/mol. The second kappa shape index (κ2) is 7.57. The molecular weight excluding hydrogens is 402 g/mol. The van der Waals surface area contributed by atoms with Gasteiger partial charge in [-0.3, -0.25) is 0 Å². The maximum atomic E-state index is 12.9. The van der Waals surface area contributed by atoms with Gasteiger partial charge in [-0.15, -0.1) is 11.3 Å². The molecule has 0 aliphatic heterocycles. The van der Waals surface area contributed by atoms with E-state index in [4.69, 9.17) is 13.8 Å². The van der Waals surface area contributed by atoms with Crippen molar-refractivity contribution in [2.75, 3.05) is 0 Å². The van der Waals surface area contributed by atoms with Gasteiger partial charge in [0.15, 0.2) is 5.76 Å². The summed E-state index contributed by atoms with van der Waals surface area (Å²) >= 11 is 1.52. The zero-order chi connectivity index (χ0) is 20.5. The molecule has 4 aromatic heterocycles. The van der Waals surface area contributed by atoms with Crippen LogP contribution < -0.4 is 0 Å². The van der Waals surface area contributed by atoms with Gasteiger partial charge in [-0.25, -0.2) is 9.78 Å². The van der Waals surface area contributed by atoms with Crippen LogP contribution in [0.4, 0.5) is 0 Å². The summed E-state index contributed by atoms with van der Waals surface area (Å²) in [4.78, 5) is 18.3. The van der Waals surface area contributed by atoms with Crippen molar-refractivity contribution < 1.29 is 18.6 Å². The maximum Gasteiger partial charge on any atom is 0.339 e. The van der Waals surface area contributed by atoms with E-state index >= 15 is 0 Å². The minimum absolute atomic E-state index is 0.0162. The van der Waals surface area contributed by atoms with E-state index in [-0.39, 0.29) is 6.61 Å². The molecule has 5 aromatic rings. The van der Waals surface area contributed by atoms with Crippen LogP contribution in [0.25, 0.3) is 33.0 Å². The molecule has 8 heteroatoms. The maximum absolute atomic E-state index is 12.9. The molecule has 5 rings (SSSR count). The number of aromatic nitrogens is 3. The third-order valence-corrected chi connectivity index (χ3v) is 5.47. The lowest BCUT2D eigenvalue weighted by Gasteiger charge is -2.06. The summed E-state index contributed by atoms with van der Waals surface area (Å²) in [5, 5.41) is 10.4. The quantitative estimate of drug-likeness (QED) is 0.360. The van der Waals surface area contributed by atoms with E-state index in [1.807, 2.05) is 47.8 Å². The second-order valence-corrected chi connectivity index (χ2v) is 7.55. The molecule has 0 aliphatic carbocycles. The molecule has 4 heterocycles. The highest BCUT2D eigenvalue weighted by atomic mass is 32.1. The molecule has 0 radical (unpaired) electrons. The van der Waals surface area contributed by atoms with Crippen LogP contribution in [0.2, 0.25) is 0 Å². The van der Waals surface area contributed by atoms with Crippen LogP contribution in [0.15, 0.2) is 69.0 Å². The summed E-state index contributed by atoms with van der Waals surface area (Å²) in [6.45, 7) is 1.75. The average molecular weight is 417 g/mol. The van der Waals surface area contributed by atoms with Crippen LogP contribution in [-0.4, -0.2) is 21.3 Å². The molecule has 0 atom stereocenters. The van der Waals surface area contributed by atoms with Gasteiger partial charge in [0.2, 0.25) is 0 Å². The number of aryl methyl sites for hydroxylation is 1. The van der Waals surface area contributed by atoms with E-state index in [1.54, 1.807) is 19.1 Å². The van der Waals surface area contributed by atoms with Crippen molar-refractivity contribution in [3.63, 3.8) is 0 Å². The van der Waals surface area contributed by atoms with Gasteiger partial charge in [0.1, 0.15) is 12.3 Å². The van der Waals surface area contributed by atoms with Gasteiger partial charge in [0, 0.05) is 11.6 Å². The van der Waals surface area contributed by atoms with Crippen molar-refractivity contribution in [2.24, 2.45) is 0 Å². The molecule has 7 nitrogen and oxygen atoms in total. The first-order chi connectivity index (χ1) is 14.7. The highest BCUT2D eigenvalue weighted by molar-refractivity contribution is 7.13. The Kier molecular flexibility index (Phi) is 4.61. The fourth-order valence-corrected chi connectivity index (χ4v) is 3.83. The largest absolute Gasteiger partial charge is 0.455 e. The predicted molar refractivity (Wildman–Crippen MR) is 111 cm³/mol. The molecule has 0 saturated heterocycles. The number of carbonyl (C=O) groups is 1. The Hall–Kier alpha value is -3.78. The number of pyridine rings is 1. The van der Waals surface area contributed by atoms with Crippen LogP contribution in [-0.2, 0) is 11.3 Å². The molecule has 148 valence electrons. The molecule has 0 bridgehead atoms. The second-order valence-electron chi connectivity index (χ2n) is 6.61. The molecule has 0 saturated carbocycles. The fraction of sp³-hybridized carbons (Fsp3) is 0.0909. The van der Waals surface area contributed by atoms with Gasteiger partial charge < -0.3 is 13.8 Å². The van der Waals surface area contributed by atoms with Crippen LogP contribution in [0, 0.1) is 6.92 Å². The molecule has 0 unspecified atom stereocenters. The smallest absolute Gasteiger partial charge is 0.339 e. The van der Waals surface area contributed by atoms with Crippen molar-refractivity contribution in [3.8, 4) is 21.9 Å². The van der Waals surface area contributed by atoms with Gasteiger partial charge >= 0.3 is 5.97 Å². The Bertz CT molecular complexity index is 1320. The Morgan fingerprint density at radius 2 is 1.93 bits per heavy atom. The zero-order valence-electron chi connectivity index (χ0n) is 15.9. The average Bonchev–Trinajstić information content (AvgIpc) is 3.54. The van der Waals surface area contributed by atoms with Crippen molar-refractivity contribution in [2.45, 2.75) is 13.5 Å². The topological polar surface area (TPSA) is 91.2 Å². The molecule has 0 N–H and O–H groups in total. The zero-order valence-corrected chi connectivity index (χ0v) is 16.7. The van der Waals surface area contributed by atoms with Gasteiger partial charge in [-0.05, 0) is 24.4 Å². The third-order valence-electron chi connectivity index (χ3n) is 4.58. The van der Waals surface area contributed by atoms with Gasteiger partial charge in [-0.2, -0.15) is 0 Å². The molecule has 1 aromatic carbocycles. The number of esters is 1. The number of thiophene rings is 1. The number of hydrogen-bond acceptors (Lipinski definition) is 8. The minimum Gasteiger partial charge on any atom is -0.455 e. The Morgan fingerprint density at radius 3 is 2.73 bits per heavy atom. The van der Waals surface area contributed by atoms with Crippen LogP contribution in [0.5, 0.6) is 0 Å². The van der Waals surface area contributed by atoms with Crippen LogP contribution >= 0.6 is 11.3 Å². The van der Waals surface area contributed by atoms with Crippen molar-refractivity contribution >= 4 is 28.4 Å². The van der Waals surface area contributed by atoms with Crippen LogP contribution in [0.1, 0.15) is 21.7 Å². The van der Waals surface area contributed by atoms with E-state index in [2.05, 4.69) is 15.3 Å². The molecule has 0 aliphatic rings. The standard InChI is InChI=1S/C22H15N3O4S/c1-13-20-16(11-17(19-8-5-9-30-19)23-21(20)29-24-13)22(26)27-12-15-10-18(28-25-15)14-6-3-2-4-7-14/h2-11H,12H2,1H3. The SMILES string of the molecule is Cc1noc2nc(-c3cccs3)cc(C(=O)OCc3cc(-c4ccccc4)on3)c12. The van der Waals surface area contributed by atoms with E-state index in [1.165, 1.54) is 11.3 Å². The lowest BCUT2D eigenvalue weighted by molar-refractivity contribution is 0.0466. The summed E-state index contributed by atoms with van der Waals surface area (Å²) in [6, 6.07) is 16.9. The minimum atomic E-state index is -0.504. The highest BCUT2D eigenvalue weighted by Gasteiger charge is 2.21. The Morgan fingerprint density at radius 1 is 1.07 bits per heavy atom. The van der Waals surface area contributed by atoms with Gasteiger partial charge in [-0.1, -0.05) is 46.7 Å². The molecule has 30 heavy (non-hydrogen) atoms. The first-order valence-corrected chi connectivity index (χ1v) is 10.1.